The molecule has 4 rings (SSSR count). The van der Waals surface area contributed by atoms with Gasteiger partial charge in [-0.05, 0) is 60.7 Å². The van der Waals surface area contributed by atoms with Gasteiger partial charge in [0.1, 0.15) is 18.2 Å². The number of hydrogen-bond donors (Lipinski definition) is 0. The molecule has 26 heavy (non-hydrogen) atoms. The minimum absolute atomic E-state index is 0.626. The molecule has 4 aromatic rings. The monoisotopic (exact) mass is 362 g/mol. The van der Waals surface area contributed by atoms with Gasteiger partial charge in [-0.15, -0.1) is 11.3 Å². The summed E-state index contributed by atoms with van der Waals surface area (Å²) in [5.74, 6) is 2.03. The molecule has 2 aromatic carbocycles. The van der Waals surface area contributed by atoms with Crippen molar-refractivity contribution in [2.75, 3.05) is 6.61 Å². The summed E-state index contributed by atoms with van der Waals surface area (Å²) < 4.78 is 8.32. The quantitative estimate of drug-likeness (QED) is 0.460. The van der Waals surface area contributed by atoms with E-state index < -0.39 is 0 Å². The first-order valence-electron chi connectivity index (χ1n) is 8.87. The number of benzene rings is 2. The van der Waals surface area contributed by atoms with Crippen LogP contribution in [0.25, 0.3) is 11.0 Å². The van der Waals surface area contributed by atoms with E-state index in [2.05, 4.69) is 72.3 Å². The summed E-state index contributed by atoms with van der Waals surface area (Å²) in [5.41, 5.74) is 4.67. The normalized spacial score (nSPS) is 11.2. The highest BCUT2D eigenvalue weighted by Gasteiger charge is 2.11. The van der Waals surface area contributed by atoms with Crippen molar-refractivity contribution in [1.29, 1.82) is 0 Å². The maximum Gasteiger partial charge on any atom is 0.119 e. The Bertz CT molecular complexity index is 998. The van der Waals surface area contributed by atoms with Gasteiger partial charge in [0, 0.05) is 11.3 Å². The molecular weight excluding hydrogens is 340 g/mol. The molecule has 0 atom stereocenters. The van der Waals surface area contributed by atoms with Gasteiger partial charge in [-0.1, -0.05) is 24.3 Å². The van der Waals surface area contributed by atoms with Gasteiger partial charge >= 0.3 is 0 Å². The molecule has 0 spiro atoms. The topological polar surface area (TPSA) is 27.1 Å². The van der Waals surface area contributed by atoms with Gasteiger partial charge in [-0.3, -0.25) is 0 Å². The van der Waals surface area contributed by atoms with Crippen molar-refractivity contribution in [3.8, 4) is 5.75 Å². The van der Waals surface area contributed by atoms with Crippen LogP contribution in [0.4, 0.5) is 0 Å². The maximum absolute atomic E-state index is 6.03. The molecule has 0 saturated carbocycles. The number of para-hydroxylation sites is 2. The predicted octanol–water partition coefficient (Wildman–Crippen LogP) is 5.38. The highest BCUT2D eigenvalue weighted by atomic mass is 32.1. The van der Waals surface area contributed by atoms with Crippen LogP contribution < -0.4 is 4.74 Å². The second-order valence-corrected chi connectivity index (χ2v) is 7.63. The number of aromatic nitrogens is 2. The Labute approximate surface area is 157 Å². The van der Waals surface area contributed by atoms with E-state index in [4.69, 9.17) is 9.72 Å². The van der Waals surface area contributed by atoms with E-state index in [0.717, 1.165) is 30.1 Å². The second-order valence-electron chi connectivity index (χ2n) is 6.60. The average molecular weight is 362 g/mol. The van der Waals surface area contributed by atoms with E-state index in [0.29, 0.717) is 6.61 Å². The van der Waals surface area contributed by atoms with Gasteiger partial charge in [0.15, 0.2) is 0 Å². The van der Waals surface area contributed by atoms with E-state index in [1.807, 2.05) is 6.07 Å². The number of hydrogen-bond acceptors (Lipinski definition) is 3. The van der Waals surface area contributed by atoms with Crippen LogP contribution in [0.1, 0.15) is 21.8 Å². The van der Waals surface area contributed by atoms with Crippen LogP contribution in [0.15, 0.2) is 60.0 Å². The molecule has 4 heteroatoms. The number of ether oxygens (including phenoxy) is 1. The summed E-state index contributed by atoms with van der Waals surface area (Å²) in [4.78, 5) is 6.19. The van der Waals surface area contributed by atoms with Crippen LogP contribution in [0.5, 0.6) is 5.75 Å². The zero-order chi connectivity index (χ0) is 17.9. The van der Waals surface area contributed by atoms with Gasteiger partial charge < -0.3 is 9.30 Å². The third-order valence-electron chi connectivity index (χ3n) is 4.42. The zero-order valence-electron chi connectivity index (χ0n) is 15.1. The Hall–Kier alpha value is -2.59. The number of nitrogens with zero attached hydrogens (tertiary/aromatic N) is 2. The van der Waals surface area contributed by atoms with Crippen LogP contribution in [0, 0.1) is 13.8 Å². The molecule has 2 heterocycles. The molecule has 0 unspecified atom stereocenters. The van der Waals surface area contributed by atoms with Crippen molar-refractivity contribution < 1.29 is 4.74 Å². The van der Waals surface area contributed by atoms with Gasteiger partial charge in [-0.25, -0.2) is 4.98 Å². The fourth-order valence-electron chi connectivity index (χ4n) is 3.35. The summed E-state index contributed by atoms with van der Waals surface area (Å²) in [6.07, 6.45) is 0.857. The lowest BCUT2D eigenvalue weighted by Gasteiger charge is -2.11. The first-order chi connectivity index (χ1) is 12.7. The standard InChI is InChI=1S/C22H22N2OS/c1-16-12-17(2)14-18(13-16)25-10-9-24-21-8-4-3-7-20(21)23-22(24)15-19-6-5-11-26-19/h3-8,11-14H,9-10,15H2,1-2H3. The largest absolute Gasteiger partial charge is 0.492 e. The zero-order valence-corrected chi connectivity index (χ0v) is 15.9. The van der Waals surface area contributed by atoms with Crippen molar-refractivity contribution in [1.82, 2.24) is 9.55 Å². The van der Waals surface area contributed by atoms with Gasteiger partial charge in [0.2, 0.25) is 0 Å². The number of imidazole rings is 1. The van der Waals surface area contributed by atoms with Gasteiger partial charge in [0.25, 0.3) is 0 Å². The van der Waals surface area contributed by atoms with Crippen molar-refractivity contribution in [2.24, 2.45) is 0 Å². The number of thiophene rings is 1. The minimum atomic E-state index is 0.626. The van der Waals surface area contributed by atoms with E-state index in [1.165, 1.54) is 21.5 Å². The Morgan fingerprint density at radius 3 is 2.58 bits per heavy atom. The molecule has 2 aromatic heterocycles. The van der Waals surface area contributed by atoms with Crippen LogP contribution in [0.2, 0.25) is 0 Å². The molecule has 0 aliphatic carbocycles. The SMILES string of the molecule is Cc1cc(C)cc(OCCn2c(Cc3cccs3)nc3ccccc32)c1. The summed E-state index contributed by atoms with van der Waals surface area (Å²) in [5, 5.41) is 2.12. The van der Waals surface area contributed by atoms with E-state index in [1.54, 1.807) is 11.3 Å². The van der Waals surface area contributed by atoms with Crippen molar-refractivity contribution >= 4 is 22.4 Å². The van der Waals surface area contributed by atoms with Crippen LogP contribution in [-0.2, 0) is 13.0 Å². The third-order valence-corrected chi connectivity index (χ3v) is 5.30. The predicted molar refractivity (Wildman–Crippen MR) is 108 cm³/mol. The van der Waals surface area contributed by atoms with Gasteiger partial charge in [0.05, 0.1) is 17.6 Å². The Morgan fingerprint density at radius 2 is 1.81 bits per heavy atom. The Morgan fingerprint density at radius 1 is 1.00 bits per heavy atom. The minimum Gasteiger partial charge on any atom is -0.492 e. The van der Waals surface area contributed by atoms with Crippen LogP contribution >= 0.6 is 11.3 Å². The summed E-state index contributed by atoms with van der Waals surface area (Å²) in [7, 11) is 0. The third kappa shape index (κ3) is 3.65. The molecule has 0 N–H and O–H groups in total. The van der Waals surface area contributed by atoms with E-state index in [9.17, 15) is 0 Å². The van der Waals surface area contributed by atoms with Crippen molar-refractivity contribution in [2.45, 2.75) is 26.8 Å². The average Bonchev–Trinajstić information content (AvgIpc) is 3.23. The molecule has 0 fully saturated rings. The maximum atomic E-state index is 6.03. The Balaban J connectivity index is 1.56. The lowest BCUT2D eigenvalue weighted by atomic mass is 10.1. The van der Waals surface area contributed by atoms with Crippen LogP contribution in [-0.4, -0.2) is 16.2 Å². The molecular formula is C22H22N2OS. The summed E-state index contributed by atoms with van der Waals surface area (Å²) in [6, 6.07) is 18.9. The number of fused-ring (bicyclic) bond motifs is 1. The summed E-state index contributed by atoms with van der Waals surface area (Å²) in [6.45, 7) is 5.61. The highest BCUT2D eigenvalue weighted by molar-refractivity contribution is 7.09. The van der Waals surface area contributed by atoms with Crippen LogP contribution in [0.3, 0.4) is 0 Å². The van der Waals surface area contributed by atoms with Gasteiger partial charge in [-0.2, -0.15) is 0 Å². The van der Waals surface area contributed by atoms with Crippen molar-refractivity contribution in [3.05, 3.63) is 81.8 Å². The highest BCUT2D eigenvalue weighted by Crippen LogP contribution is 2.21. The molecule has 132 valence electrons. The molecule has 0 saturated heterocycles. The molecule has 0 bridgehead atoms. The van der Waals surface area contributed by atoms with E-state index >= 15 is 0 Å². The molecule has 3 nitrogen and oxygen atoms in total. The van der Waals surface area contributed by atoms with Crippen molar-refractivity contribution in [3.63, 3.8) is 0 Å². The lowest BCUT2D eigenvalue weighted by molar-refractivity contribution is 0.298. The molecule has 0 aliphatic rings. The fraction of sp³-hybridized carbons (Fsp3) is 0.227. The number of rotatable bonds is 6. The second kappa shape index (κ2) is 7.34. The first kappa shape index (κ1) is 16.9. The molecule has 0 aliphatic heterocycles. The fourth-order valence-corrected chi connectivity index (χ4v) is 4.05. The summed E-state index contributed by atoms with van der Waals surface area (Å²) >= 11 is 1.78. The smallest absolute Gasteiger partial charge is 0.119 e. The molecule has 0 radical (unpaired) electrons. The lowest BCUT2D eigenvalue weighted by Crippen LogP contribution is -2.11. The number of aryl methyl sites for hydroxylation is 2. The Kier molecular flexibility index (Phi) is 4.76. The first-order valence-corrected chi connectivity index (χ1v) is 9.74. The molecule has 0 amide bonds. The van der Waals surface area contributed by atoms with E-state index in [-0.39, 0.29) is 0 Å².